The third-order valence-corrected chi connectivity index (χ3v) is 3.68. The smallest absolute Gasteiger partial charge is 0.239 e. The molecule has 3 N–H and O–H groups in total. The molecule has 1 unspecified atom stereocenters. The van der Waals surface area contributed by atoms with Gasteiger partial charge >= 0.3 is 0 Å². The number of para-hydroxylation sites is 1. The van der Waals surface area contributed by atoms with Gasteiger partial charge in [0.1, 0.15) is 17.5 Å². The van der Waals surface area contributed by atoms with Crippen LogP contribution < -0.4 is 20.7 Å². The summed E-state index contributed by atoms with van der Waals surface area (Å²) in [6.07, 6.45) is 1.00. The van der Waals surface area contributed by atoms with Crippen molar-refractivity contribution in [2.24, 2.45) is 5.92 Å². The molecule has 1 heterocycles. The Balaban J connectivity index is 2.21. The van der Waals surface area contributed by atoms with Crippen molar-refractivity contribution < 1.29 is 9.53 Å². The molecule has 0 aromatic heterocycles. The summed E-state index contributed by atoms with van der Waals surface area (Å²) in [7, 11) is 0. The molecule has 1 aliphatic rings. The number of carbonyl (C=O) groups is 1. The van der Waals surface area contributed by atoms with Gasteiger partial charge in [0.2, 0.25) is 5.91 Å². The maximum Gasteiger partial charge on any atom is 0.239 e. The van der Waals surface area contributed by atoms with Gasteiger partial charge in [0, 0.05) is 6.54 Å². The first-order valence-corrected chi connectivity index (χ1v) is 7.59. The predicted octanol–water partition coefficient (Wildman–Crippen LogP) is 2.02. The lowest BCUT2D eigenvalue weighted by molar-refractivity contribution is -0.119. The number of fused-ring (bicyclic) bond motifs is 1. The van der Waals surface area contributed by atoms with Crippen LogP contribution in [-0.4, -0.2) is 31.6 Å². The number of nitrogens with two attached hydrogens (primary N) is 1. The molecule has 5 nitrogen and oxygen atoms in total. The molecule has 0 bridgehead atoms. The summed E-state index contributed by atoms with van der Waals surface area (Å²) in [4.78, 5) is 14.1. The largest absolute Gasteiger partial charge is 0.486 e. The summed E-state index contributed by atoms with van der Waals surface area (Å²) < 4.78 is 6.01. The molecule has 116 valence electrons. The number of benzene rings is 1. The van der Waals surface area contributed by atoms with E-state index in [9.17, 15) is 4.79 Å². The van der Waals surface area contributed by atoms with Crippen LogP contribution in [0.1, 0.15) is 27.2 Å². The van der Waals surface area contributed by atoms with Crippen molar-refractivity contribution in [3.8, 4) is 5.75 Å². The van der Waals surface area contributed by atoms with Gasteiger partial charge < -0.3 is 20.7 Å². The van der Waals surface area contributed by atoms with Crippen molar-refractivity contribution in [3.05, 3.63) is 18.2 Å². The van der Waals surface area contributed by atoms with Crippen molar-refractivity contribution in [2.75, 3.05) is 30.3 Å². The maximum atomic E-state index is 12.0. The molecule has 1 atom stereocenters. The highest BCUT2D eigenvalue weighted by molar-refractivity contribution is 5.85. The first kappa shape index (κ1) is 15.5. The number of hydrogen-bond acceptors (Lipinski definition) is 4. The number of nitrogen functional groups attached to an aromatic ring is 1. The van der Waals surface area contributed by atoms with E-state index in [0.717, 1.165) is 17.9 Å². The number of carbonyl (C=O) groups excluding carboxylic acids is 1. The van der Waals surface area contributed by atoms with Crippen LogP contribution >= 0.6 is 0 Å². The van der Waals surface area contributed by atoms with Gasteiger partial charge in [-0.3, -0.25) is 4.79 Å². The zero-order valence-corrected chi connectivity index (χ0v) is 13.1. The lowest BCUT2D eigenvalue weighted by Gasteiger charge is -2.38. The Bertz CT molecular complexity index is 502. The van der Waals surface area contributed by atoms with E-state index in [-0.39, 0.29) is 12.0 Å². The van der Waals surface area contributed by atoms with E-state index in [1.807, 2.05) is 30.0 Å². The molecular formula is C16H25N3O2. The van der Waals surface area contributed by atoms with Crippen LogP contribution in [0.4, 0.5) is 11.4 Å². The lowest BCUT2D eigenvalue weighted by atomic mass is 10.0. The second kappa shape index (κ2) is 6.70. The average Bonchev–Trinajstić information content (AvgIpc) is 2.44. The quantitative estimate of drug-likeness (QED) is 0.814. The van der Waals surface area contributed by atoms with Crippen LogP contribution in [-0.2, 0) is 4.79 Å². The minimum absolute atomic E-state index is 0.0236. The van der Waals surface area contributed by atoms with Crippen LogP contribution in [0, 0.1) is 5.92 Å². The van der Waals surface area contributed by atoms with E-state index in [1.54, 1.807) is 0 Å². The van der Waals surface area contributed by atoms with E-state index >= 15 is 0 Å². The number of anilines is 2. The SMILES string of the molecule is CCCNC(=O)CN1CC(C(C)C)Oc2cccc(N)c21. The lowest BCUT2D eigenvalue weighted by Crippen LogP contribution is -2.47. The van der Waals surface area contributed by atoms with Gasteiger partial charge in [-0.1, -0.05) is 26.8 Å². The predicted molar refractivity (Wildman–Crippen MR) is 85.6 cm³/mol. The summed E-state index contributed by atoms with van der Waals surface area (Å²) in [5.74, 6) is 1.17. The van der Waals surface area contributed by atoms with Crippen LogP contribution in [0.25, 0.3) is 0 Å². The number of nitrogens with zero attached hydrogens (tertiary/aromatic N) is 1. The Morgan fingerprint density at radius 2 is 2.29 bits per heavy atom. The normalized spacial score (nSPS) is 17.3. The second-order valence-electron chi connectivity index (χ2n) is 5.82. The van der Waals surface area contributed by atoms with Crippen LogP contribution in [0.3, 0.4) is 0 Å². The molecule has 1 aromatic rings. The van der Waals surface area contributed by atoms with Crippen molar-refractivity contribution in [1.82, 2.24) is 5.32 Å². The Labute approximate surface area is 126 Å². The monoisotopic (exact) mass is 291 g/mol. The Hall–Kier alpha value is -1.91. The highest BCUT2D eigenvalue weighted by Gasteiger charge is 2.30. The molecule has 1 aromatic carbocycles. The molecule has 0 aliphatic carbocycles. The third-order valence-electron chi connectivity index (χ3n) is 3.68. The fourth-order valence-electron chi connectivity index (χ4n) is 2.47. The number of hydrogen-bond donors (Lipinski definition) is 2. The number of amides is 1. The first-order chi connectivity index (χ1) is 10.0. The molecule has 0 fully saturated rings. The van der Waals surface area contributed by atoms with E-state index in [1.165, 1.54) is 0 Å². The fourth-order valence-corrected chi connectivity index (χ4v) is 2.47. The summed E-state index contributed by atoms with van der Waals surface area (Å²) >= 11 is 0. The summed E-state index contributed by atoms with van der Waals surface area (Å²) in [5.41, 5.74) is 7.56. The zero-order valence-electron chi connectivity index (χ0n) is 13.1. The van der Waals surface area contributed by atoms with Crippen molar-refractivity contribution in [3.63, 3.8) is 0 Å². The van der Waals surface area contributed by atoms with E-state index in [4.69, 9.17) is 10.5 Å². The zero-order chi connectivity index (χ0) is 15.4. The highest BCUT2D eigenvalue weighted by atomic mass is 16.5. The van der Waals surface area contributed by atoms with Crippen LogP contribution in [0.2, 0.25) is 0 Å². The molecule has 0 saturated heterocycles. The molecule has 2 rings (SSSR count). The molecule has 0 saturated carbocycles. The van der Waals surface area contributed by atoms with Crippen LogP contribution in [0.15, 0.2) is 18.2 Å². The van der Waals surface area contributed by atoms with E-state index < -0.39 is 0 Å². The van der Waals surface area contributed by atoms with E-state index in [0.29, 0.717) is 31.2 Å². The van der Waals surface area contributed by atoms with Gasteiger partial charge in [-0.2, -0.15) is 0 Å². The van der Waals surface area contributed by atoms with Crippen molar-refractivity contribution in [1.29, 1.82) is 0 Å². The summed E-state index contributed by atoms with van der Waals surface area (Å²) in [6, 6.07) is 5.64. The molecule has 1 amide bonds. The second-order valence-corrected chi connectivity index (χ2v) is 5.82. The number of ether oxygens (including phenoxy) is 1. The van der Waals surface area contributed by atoms with Crippen molar-refractivity contribution >= 4 is 17.3 Å². The van der Waals surface area contributed by atoms with Gasteiger partial charge in [-0.25, -0.2) is 0 Å². The van der Waals surface area contributed by atoms with Gasteiger partial charge in [0.05, 0.1) is 18.8 Å². The van der Waals surface area contributed by atoms with Crippen LogP contribution in [0.5, 0.6) is 5.75 Å². The number of nitrogens with one attached hydrogen (secondary N) is 1. The molecule has 0 radical (unpaired) electrons. The van der Waals surface area contributed by atoms with Crippen molar-refractivity contribution in [2.45, 2.75) is 33.3 Å². The fraction of sp³-hybridized carbons (Fsp3) is 0.562. The van der Waals surface area contributed by atoms with E-state index in [2.05, 4.69) is 19.2 Å². The minimum Gasteiger partial charge on any atom is -0.486 e. The van der Waals surface area contributed by atoms with Gasteiger partial charge in [-0.05, 0) is 24.5 Å². The molecular weight excluding hydrogens is 266 g/mol. The Kier molecular flexibility index (Phi) is 4.94. The van der Waals surface area contributed by atoms with Gasteiger partial charge in [0.25, 0.3) is 0 Å². The minimum atomic E-state index is 0.0236. The highest BCUT2D eigenvalue weighted by Crippen LogP contribution is 2.39. The molecule has 0 spiro atoms. The Morgan fingerprint density at radius 1 is 1.52 bits per heavy atom. The molecule has 21 heavy (non-hydrogen) atoms. The van der Waals surface area contributed by atoms with Gasteiger partial charge in [0.15, 0.2) is 0 Å². The maximum absolute atomic E-state index is 12.0. The first-order valence-electron chi connectivity index (χ1n) is 7.59. The average molecular weight is 291 g/mol. The standard InChI is InChI=1S/C16H25N3O2/c1-4-8-18-15(20)10-19-9-14(11(2)3)21-13-7-5-6-12(17)16(13)19/h5-7,11,14H,4,8-10,17H2,1-3H3,(H,18,20). The number of rotatable bonds is 5. The topological polar surface area (TPSA) is 67.6 Å². The van der Waals surface area contributed by atoms with Gasteiger partial charge in [-0.15, -0.1) is 0 Å². The molecule has 5 heteroatoms. The summed E-state index contributed by atoms with van der Waals surface area (Å²) in [6.45, 7) is 7.98. The molecule has 1 aliphatic heterocycles. The third kappa shape index (κ3) is 3.60. The Morgan fingerprint density at radius 3 is 2.95 bits per heavy atom. The summed E-state index contributed by atoms with van der Waals surface area (Å²) in [5, 5.41) is 2.91.